The van der Waals surface area contributed by atoms with E-state index in [0.29, 0.717) is 29.4 Å². The summed E-state index contributed by atoms with van der Waals surface area (Å²) in [5.74, 6) is 0.989. The number of carbonyl (C=O) groups is 1. The molecule has 0 fully saturated rings. The van der Waals surface area contributed by atoms with Crippen LogP contribution in [0.5, 0.6) is 0 Å². The molecule has 0 aliphatic heterocycles. The predicted octanol–water partition coefficient (Wildman–Crippen LogP) is 4.66. The molecule has 1 N–H and O–H groups in total. The lowest BCUT2D eigenvalue weighted by atomic mass is 10.1. The summed E-state index contributed by atoms with van der Waals surface area (Å²) in [6.45, 7) is 7.77. The summed E-state index contributed by atoms with van der Waals surface area (Å²) in [6, 6.07) is 13.6. The first-order chi connectivity index (χ1) is 14.4. The highest BCUT2D eigenvalue weighted by atomic mass is 16.5. The second-order valence-electron chi connectivity index (χ2n) is 7.26. The number of amides is 1. The van der Waals surface area contributed by atoms with Gasteiger partial charge in [0.1, 0.15) is 0 Å². The molecule has 2 aromatic carbocycles. The van der Waals surface area contributed by atoms with Gasteiger partial charge in [0.2, 0.25) is 11.7 Å². The highest BCUT2D eigenvalue weighted by molar-refractivity contribution is 6.05. The molecule has 152 valence electrons. The molecule has 0 atom stereocenters. The number of aryl methyl sites for hydroxylation is 4. The van der Waals surface area contributed by atoms with Gasteiger partial charge in [-0.25, -0.2) is 4.68 Å². The zero-order chi connectivity index (χ0) is 21.3. The fraction of sp³-hybridized carbons (Fsp3) is 0.217. The predicted molar refractivity (Wildman–Crippen MR) is 115 cm³/mol. The van der Waals surface area contributed by atoms with Crippen LogP contribution in [0.4, 0.5) is 5.69 Å². The number of hydrogen-bond acceptors (Lipinski definition) is 5. The van der Waals surface area contributed by atoms with Gasteiger partial charge in [0, 0.05) is 23.9 Å². The summed E-state index contributed by atoms with van der Waals surface area (Å²) >= 11 is 0. The van der Waals surface area contributed by atoms with Gasteiger partial charge < -0.3 is 9.84 Å². The zero-order valence-electron chi connectivity index (χ0n) is 17.4. The second kappa shape index (κ2) is 7.94. The van der Waals surface area contributed by atoms with Crippen LogP contribution in [0.25, 0.3) is 17.1 Å². The van der Waals surface area contributed by atoms with Crippen molar-refractivity contribution in [3.63, 3.8) is 0 Å². The van der Waals surface area contributed by atoms with Crippen molar-refractivity contribution in [1.82, 2.24) is 19.9 Å². The van der Waals surface area contributed by atoms with Crippen LogP contribution in [0.3, 0.4) is 0 Å². The van der Waals surface area contributed by atoms with Crippen LogP contribution in [0.2, 0.25) is 0 Å². The van der Waals surface area contributed by atoms with Gasteiger partial charge in [0.15, 0.2) is 0 Å². The molecule has 0 saturated carbocycles. The quantitative estimate of drug-likeness (QED) is 0.525. The van der Waals surface area contributed by atoms with Crippen LogP contribution in [-0.2, 0) is 6.42 Å². The molecule has 30 heavy (non-hydrogen) atoms. The molecule has 7 nitrogen and oxygen atoms in total. The molecule has 4 aromatic rings. The van der Waals surface area contributed by atoms with E-state index in [9.17, 15) is 4.79 Å². The Bertz CT molecular complexity index is 1200. The van der Waals surface area contributed by atoms with Crippen LogP contribution in [0.1, 0.15) is 40.0 Å². The Morgan fingerprint density at radius 2 is 1.87 bits per heavy atom. The highest BCUT2D eigenvalue weighted by Gasteiger charge is 2.16. The van der Waals surface area contributed by atoms with Gasteiger partial charge in [0.25, 0.3) is 5.91 Å². The minimum Gasteiger partial charge on any atom is -0.339 e. The Morgan fingerprint density at radius 3 is 2.57 bits per heavy atom. The first kappa shape index (κ1) is 19.6. The molecule has 4 rings (SSSR count). The lowest BCUT2D eigenvalue weighted by molar-refractivity contribution is 0.102. The molecule has 0 radical (unpaired) electrons. The average Bonchev–Trinajstić information content (AvgIpc) is 3.37. The molecule has 0 aliphatic carbocycles. The van der Waals surface area contributed by atoms with Crippen LogP contribution >= 0.6 is 0 Å². The van der Waals surface area contributed by atoms with E-state index in [1.807, 2.05) is 70.2 Å². The first-order valence-corrected chi connectivity index (χ1v) is 9.83. The number of benzene rings is 2. The number of nitrogens with zero attached hydrogens (tertiary/aromatic N) is 4. The van der Waals surface area contributed by atoms with Gasteiger partial charge in [-0.15, -0.1) is 0 Å². The fourth-order valence-corrected chi connectivity index (χ4v) is 3.15. The van der Waals surface area contributed by atoms with Gasteiger partial charge in [-0.3, -0.25) is 4.79 Å². The average molecular weight is 401 g/mol. The van der Waals surface area contributed by atoms with E-state index in [1.54, 1.807) is 10.9 Å². The van der Waals surface area contributed by atoms with Gasteiger partial charge in [-0.2, -0.15) is 10.1 Å². The minimum absolute atomic E-state index is 0.178. The van der Waals surface area contributed by atoms with Crippen molar-refractivity contribution in [2.24, 2.45) is 0 Å². The fourth-order valence-electron chi connectivity index (χ4n) is 3.15. The van der Waals surface area contributed by atoms with E-state index in [1.165, 1.54) is 0 Å². The Kier molecular flexibility index (Phi) is 5.18. The van der Waals surface area contributed by atoms with E-state index in [-0.39, 0.29) is 5.91 Å². The smallest absolute Gasteiger partial charge is 0.259 e. The molecule has 0 unspecified atom stereocenters. The van der Waals surface area contributed by atoms with E-state index >= 15 is 0 Å². The lowest BCUT2D eigenvalue weighted by Gasteiger charge is -2.08. The number of anilines is 1. The highest BCUT2D eigenvalue weighted by Crippen LogP contribution is 2.21. The monoisotopic (exact) mass is 401 g/mol. The van der Waals surface area contributed by atoms with Gasteiger partial charge in [0.05, 0.1) is 16.9 Å². The van der Waals surface area contributed by atoms with Crippen molar-refractivity contribution in [3.05, 3.63) is 76.9 Å². The third-order valence-electron chi connectivity index (χ3n) is 4.95. The van der Waals surface area contributed by atoms with E-state index in [2.05, 4.69) is 20.6 Å². The molecule has 0 aliphatic rings. The molecular weight excluding hydrogens is 378 g/mol. The summed E-state index contributed by atoms with van der Waals surface area (Å²) in [5.41, 5.74) is 5.81. The summed E-state index contributed by atoms with van der Waals surface area (Å²) in [4.78, 5) is 17.2. The third kappa shape index (κ3) is 3.87. The van der Waals surface area contributed by atoms with Crippen LogP contribution < -0.4 is 5.32 Å². The number of carbonyl (C=O) groups excluding carboxylic acids is 1. The largest absolute Gasteiger partial charge is 0.339 e. The van der Waals surface area contributed by atoms with Gasteiger partial charge in [-0.1, -0.05) is 24.2 Å². The molecule has 2 heterocycles. The molecule has 7 heteroatoms. The van der Waals surface area contributed by atoms with Crippen LogP contribution in [0, 0.1) is 20.8 Å². The van der Waals surface area contributed by atoms with E-state index < -0.39 is 0 Å². The molecular formula is C23H23N5O2. The number of rotatable bonds is 5. The van der Waals surface area contributed by atoms with Gasteiger partial charge in [-0.05, 0) is 62.2 Å². The zero-order valence-corrected chi connectivity index (χ0v) is 17.4. The topological polar surface area (TPSA) is 85.8 Å². The Balaban J connectivity index is 1.56. The molecule has 2 aromatic heterocycles. The SMILES string of the molecule is CCc1nc(-c2ccc(-n3cc(C(=O)Nc4cc(C)ccc4C)c(C)n3)cc2)no1. The van der Waals surface area contributed by atoms with Crippen molar-refractivity contribution in [1.29, 1.82) is 0 Å². The van der Waals surface area contributed by atoms with Crippen LogP contribution in [-0.4, -0.2) is 25.8 Å². The van der Waals surface area contributed by atoms with Crippen molar-refractivity contribution in [3.8, 4) is 17.1 Å². The van der Waals surface area contributed by atoms with Crippen LogP contribution in [0.15, 0.2) is 53.2 Å². The summed E-state index contributed by atoms with van der Waals surface area (Å²) in [5, 5.41) is 11.5. The normalized spacial score (nSPS) is 10.9. The first-order valence-electron chi connectivity index (χ1n) is 9.83. The lowest BCUT2D eigenvalue weighted by Crippen LogP contribution is -2.13. The summed E-state index contributed by atoms with van der Waals surface area (Å²) < 4.78 is 6.87. The van der Waals surface area contributed by atoms with Crippen molar-refractivity contribution < 1.29 is 9.32 Å². The maximum absolute atomic E-state index is 12.8. The van der Waals surface area contributed by atoms with Crippen molar-refractivity contribution in [2.75, 3.05) is 5.32 Å². The Morgan fingerprint density at radius 1 is 1.10 bits per heavy atom. The standard InChI is InChI=1S/C23H23N5O2/c1-5-21-25-22(27-30-21)17-8-10-18(11-9-17)28-13-19(16(4)26-28)23(29)24-20-12-14(2)6-7-15(20)3/h6-13H,5H2,1-4H3,(H,24,29). The molecule has 0 bridgehead atoms. The summed E-state index contributed by atoms with van der Waals surface area (Å²) in [7, 11) is 0. The Labute approximate surface area is 174 Å². The number of nitrogens with one attached hydrogen (secondary N) is 1. The van der Waals surface area contributed by atoms with Crippen molar-refractivity contribution >= 4 is 11.6 Å². The maximum Gasteiger partial charge on any atom is 0.259 e. The number of aromatic nitrogens is 4. The Hall–Kier alpha value is -3.74. The van der Waals surface area contributed by atoms with Gasteiger partial charge >= 0.3 is 0 Å². The third-order valence-corrected chi connectivity index (χ3v) is 4.95. The maximum atomic E-state index is 12.8. The van der Waals surface area contributed by atoms with Crippen molar-refractivity contribution in [2.45, 2.75) is 34.1 Å². The summed E-state index contributed by atoms with van der Waals surface area (Å²) in [6.07, 6.45) is 2.44. The molecule has 0 saturated heterocycles. The van der Waals surface area contributed by atoms with E-state index in [4.69, 9.17) is 4.52 Å². The minimum atomic E-state index is -0.178. The molecule has 0 spiro atoms. The molecule has 1 amide bonds. The number of hydrogen-bond donors (Lipinski definition) is 1. The second-order valence-corrected chi connectivity index (χ2v) is 7.26. The van der Waals surface area contributed by atoms with E-state index in [0.717, 1.165) is 28.1 Å².